The molecule has 1 heterocycles. The van der Waals surface area contributed by atoms with Crippen LogP contribution in [-0.2, 0) is 6.73 Å². The standard InChI is InChI=1S/C23H25Cl2N3O4/c1-5-30-20-9-7-16(11-21(20)31-6-2)23(29)26-22-14(3)27-28(15(22)4)13-32-19-10-8-17(24)12-18(19)25/h7-12H,5-6,13H2,1-4H3,(H,26,29). The fraction of sp³-hybridized carbons (Fsp3) is 0.304. The Hall–Kier alpha value is -2.90. The van der Waals surface area contributed by atoms with Crippen molar-refractivity contribution < 1.29 is 19.0 Å². The molecular formula is C23H25Cl2N3O4. The van der Waals surface area contributed by atoms with Gasteiger partial charge in [0.25, 0.3) is 5.91 Å². The Labute approximate surface area is 197 Å². The normalized spacial score (nSPS) is 10.7. The summed E-state index contributed by atoms with van der Waals surface area (Å²) in [5.41, 5.74) is 2.48. The van der Waals surface area contributed by atoms with Crippen LogP contribution in [0, 0.1) is 13.8 Å². The molecule has 1 aromatic heterocycles. The smallest absolute Gasteiger partial charge is 0.255 e. The summed E-state index contributed by atoms with van der Waals surface area (Å²) < 4.78 is 18.6. The Morgan fingerprint density at radius 2 is 1.66 bits per heavy atom. The monoisotopic (exact) mass is 477 g/mol. The number of hydrogen-bond donors (Lipinski definition) is 1. The highest BCUT2D eigenvalue weighted by Crippen LogP contribution is 2.30. The molecule has 0 aliphatic rings. The summed E-state index contributed by atoms with van der Waals surface area (Å²) in [6, 6.07) is 10.1. The minimum atomic E-state index is -0.276. The van der Waals surface area contributed by atoms with Gasteiger partial charge in [-0.3, -0.25) is 4.79 Å². The topological polar surface area (TPSA) is 74.6 Å². The second kappa shape index (κ2) is 10.6. The van der Waals surface area contributed by atoms with Crippen molar-refractivity contribution in [3.63, 3.8) is 0 Å². The molecule has 2 aromatic carbocycles. The molecule has 0 radical (unpaired) electrons. The Balaban J connectivity index is 1.75. The molecule has 0 spiro atoms. The Kier molecular flexibility index (Phi) is 7.88. The van der Waals surface area contributed by atoms with E-state index >= 15 is 0 Å². The van der Waals surface area contributed by atoms with Crippen LogP contribution in [0.15, 0.2) is 36.4 Å². The maximum Gasteiger partial charge on any atom is 0.255 e. The van der Waals surface area contributed by atoms with Crippen LogP contribution >= 0.6 is 23.2 Å². The number of nitrogens with zero attached hydrogens (tertiary/aromatic N) is 2. The molecular weight excluding hydrogens is 453 g/mol. The zero-order valence-corrected chi connectivity index (χ0v) is 19.9. The number of aromatic nitrogens is 2. The lowest BCUT2D eigenvalue weighted by atomic mass is 10.1. The fourth-order valence-electron chi connectivity index (χ4n) is 3.10. The molecule has 0 aliphatic heterocycles. The molecule has 3 rings (SSSR count). The predicted molar refractivity (Wildman–Crippen MR) is 126 cm³/mol. The van der Waals surface area contributed by atoms with E-state index in [9.17, 15) is 4.79 Å². The van der Waals surface area contributed by atoms with Gasteiger partial charge in [0, 0.05) is 10.6 Å². The lowest BCUT2D eigenvalue weighted by Crippen LogP contribution is -2.14. The lowest BCUT2D eigenvalue weighted by molar-refractivity contribution is 0.102. The third-order valence-corrected chi connectivity index (χ3v) is 5.19. The number of rotatable bonds is 9. The summed E-state index contributed by atoms with van der Waals surface area (Å²) in [5.74, 6) is 1.34. The molecule has 0 unspecified atom stereocenters. The Morgan fingerprint density at radius 3 is 2.34 bits per heavy atom. The van der Waals surface area contributed by atoms with Crippen molar-refractivity contribution in [1.82, 2.24) is 9.78 Å². The van der Waals surface area contributed by atoms with Crippen LogP contribution in [0.1, 0.15) is 35.6 Å². The number of benzene rings is 2. The number of anilines is 1. The maximum atomic E-state index is 12.9. The second-order valence-electron chi connectivity index (χ2n) is 6.88. The van der Waals surface area contributed by atoms with Crippen LogP contribution in [0.3, 0.4) is 0 Å². The number of aryl methyl sites for hydroxylation is 1. The SMILES string of the molecule is CCOc1ccc(C(=O)Nc2c(C)nn(COc3ccc(Cl)cc3Cl)c2C)cc1OCC. The quantitative estimate of drug-likeness (QED) is 0.415. The Bertz CT molecular complexity index is 1110. The molecule has 1 amide bonds. The van der Waals surface area contributed by atoms with E-state index in [0.29, 0.717) is 57.5 Å². The van der Waals surface area contributed by atoms with Crippen LogP contribution in [0.4, 0.5) is 5.69 Å². The van der Waals surface area contributed by atoms with Crippen molar-refractivity contribution in [2.45, 2.75) is 34.4 Å². The number of halogens is 2. The van der Waals surface area contributed by atoms with Crippen LogP contribution in [0.25, 0.3) is 0 Å². The van der Waals surface area contributed by atoms with E-state index < -0.39 is 0 Å². The Morgan fingerprint density at radius 1 is 0.969 bits per heavy atom. The van der Waals surface area contributed by atoms with Crippen LogP contribution in [0.2, 0.25) is 10.0 Å². The fourth-order valence-corrected chi connectivity index (χ4v) is 3.57. The third-order valence-electron chi connectivity index (χ3n) is 4.66. The van der Waals surface area contributed by atoms with Gasteiger partial charge in [0.15, 0.2) is 18.2 Å². The largest absolute Gasteiger partial charge is 0.490 e. The van der Waals surface area contributed by atoms with E-state index in [1.807, 2.05) is 27.7 Å². The van der Waals surface area contributed by atoms with Gasteiger partial charge in [0.1, 0.15) is 5.75 Å². The average molecular weight is 478 g/mol. The second-order valence-corrected chi connectivity index (χ2v) is 7.72. The molecule has 0 saturated heterocycles. The summed E-state index contributed by atoms with van der Waals surface area (Å²) in [4.78, 5) is 12.9. The first-order chi connectivity index (χ1) is 15.3. The van der Waals surface area contributed by atoms with Crippen molar-refractivity contribution in [2.75, 3.05) is 18.5 Å². The van der Waals surface area contributed by atoms with Crippen molar-refractivity contribution in [2.24, 2.45) is 0 Å². The van der Waals surface area contributed by atoms with Gasteiger partial charge in [0.2, 0.25) is 0 Å². The van der Waals surface area contributed by atoms with Gasteiger partial charge in [-0.1, -0.05) is 23.2 Å². The van der Waals surface area contributed by atoms with Gasteiger partial charge in [-0.05, 0) is 64.1 Å². The molecule has 0 fully saturated rings. The number of carbonyl (C=O) groups is 1. The predicted octanol–water partition coefficient (Wildman–Crippen LogP) is 5.89. The van der Waals surface area contributed by atoms with Crippen LogP contribution in [-0.4, -0.2) is 28.9 Å². The van der Waals surface area contributed by atoms with E-state index in [1.54, 1.807) is 41.1 Å². The summed E-state index contributed by atoms with van der Waals surface area (Å²) >= 11 is 12.1. The first-order valence-electron chi connectivity index (χ1n) is 10.2. The molecule has 9 heteroatoms. The maximum absolute atomic E-state index is 12.9. The molecule has 0 saturated carbocycles. The van der Waals surface area contributed by atoms with Crippen LogP contribution < -0.4 is 19.5 Å². The molecule has 170 valence electrons. The summed E-state index contributed by atoms with van der Waals surface area (Å²) in [6.07, 6.45) is 0. The zero-order chi connectivity index (χ0) is 23.3. The average Bonchev–Trinajstić information content (AvgIpc) is 3.02. The first-order valence-corrected chi connectivity index (χ1v) is 10.9. The minimum absolute atomic E-state index is 0.126. The van der Waals surface area contributed by atoms with Gasteiger partial charge >= 0.3 is 0 Å². The molecule has 3 aromatic rings. The first kappa shape index (κ1) is 23.8. The number of ether oxygens (including phenoxy) is 3. The van der Waals surface area contributed by atoms with Gasteiger partial charge in [-0.2, -0.15) is 5.10 Å². The van der Waals surface area contributed by atoms with E-state index in [-0.39, 0.29) is 12.6 Å². The van der Waals surface area contributed by atoms with Gasteiger partial charge in [-0.15, -0.1) is 0 Å². The molecule has 32 heavy (non-hydrogen) atoms. The van der Waals surface area contributed by atoms with Crippen molar-refractivity contribution in [3.8, 4) is 17.2 Å². The highest BCUT2D eigenvalue weighted by Gasteiger charge is 2.17. The van der Waals surface area contributed by atoms with Crippen LogP contribution in [0.5, 0.6) is 17.2 Å². The molecule has 0 atom stereocenters. The lowest BCUT2D eigenvalue weighted by Gasteiger charge is -2.13. The van der Waals surface area contributed by atoms with Gasteiger partial charge < -0.3 is 19.5 Å². The zero-order valence-electron chi connectivity index (χ0n) is 18.4. The van der Waals surface area contributed by atoms with Crippen molar-refractivity contribution in [3.05, 3.63) is 63.4 Å². The number of hydrogen-bond acceptors (Lipinski definition) is 5. The summed E-state index contributed by atoms with van der Waals surface area (Å²) in [7, 11) is 0. The summed E-state index contributed by atoms with van der Waals surface area (Å²) in [6.45, 7) is 8.54. The van der Waals surface area contributed by atoms with E-state index in [0.717, 1.165) is 5.69 Å². The van der Waals surface area contributed by atoms with Gasteiger partial charge in [-0.25, -0.2) is 4.68 Å². The third kappa shape index (κ3) is 5.47. The summed E-state index contributed by atoms with van der Waals surface area (Å²) in [5, 5.41) is 8.34. The van der Waals surface area contributed by atoms with E-state index in [2.05, 4.69) is 10.4 Å². The number of amides is 1. The molecule has 0 bridgehead atoms. The van der Waals surface area contributed by atoms with Crippen molar-refractivity contribution >= 4 is 34.8 Å². The minimum Gasteiger partial charge on any atom is -0.490 e. The van der Waals surface area contributed by atoms with Crippen molar-refractivity contribution in [1.29, 1.82) is 0 Å². The van der Waals surface area contributed by atoms with Gasteiger partial charge in [0.05, 0.1) is 35.3 Å². The molecule has 0 aliphatic carbocycles. The highest BCUT2D eigenvalue weighted by atomic mass is 35.5. The number of carbonyl (C=O) groups excluding carboxylic acids is 1. The number of nitrogens with one attached hydrogen (secondary N) is 1. The van der Waals surface area contributed by atoms with E-state index in [1.165, 1.54) is 0 Å². The molecule has 1 N–H and O–H groups in total. The highest BCUT2D eigenvalue weighted by molar-refractivity contribution is 6.35. The molecule has 7 nitrogen and oxygen atoms in total. The van der Waals surface area contributed by atoms with E-state index in [4.69, 9.17) is 37.4 Å².